The number of nitrogens with zero attached hydrogens (tertiary/aromatic N) is 4. The highest BCUT2D eigenvalue weighted by Gasteiger charge is 2.16. The minimum atomic E-state index is -5.17. The molecular formula is C12H11FN4O4S. The molecule has 2 heterocycles. The molecule has 0 spiro atoms. The molecule has 2 aromatic heterocycles. The van der Waals surface area contributed by atoms with Crippen LogP contribution in [0.15, 0.2) is 37.1 Å². The summed E-state index contributed by atoms with van der Waals surface area (Å²) in [4.78, 5) is 25.1. The zero-order chi connectivity index (χ0) is 16.2. The van der Waals surface area contributed by atoms with Gasteiger partial charge in [-0.1, -0.05) is 3.89 Å². The summed E-state index contributed by atoms with van der Waals surface area (Å²) in [5.74, 6) is -0.846. The number of pyridine rings is 1. The summed E-state index contributed by atoms with van der Waals surface area (Å²) in [6.45, 7) is 0.194. The molecule has 0 unspecified atom stereocenters. The second kappa shape index (κ2) is 6.43. The molecule has 0 saturated carbocycles. The van der Waals surface area contributed by atoms with Gasteiger partial charge >= 0.3 is 10.5 Å². The number of halogens is 1. The van der Waals surface area contributed by atoms with Crippen molar-refractivity contribution in [1.82, 2.24) is 19.9 Å². The van der Waals surface area contributed by atoms with Crippen LogP contribution in [-0.2, 0) is 17.0 Å². The van der Waals surface area contributed by atoms with E-state index in [1.165, 1.54) is 36.7 Å². The minimum absolute atomic E-state index is 0.0486. The van der Waals surface area contributed by atoms with Crippen molar-refractivity contribution in [2.45, 2.75) is 6.54 Å². The second-order valence-electron chi connectivity index (χ2n) is 4.24. The van der Waals surface area contributed by atoms with Crippen LogP contribution in [0.4, 0.5) is 3.89 Å². The van der Waals surface area contributed by atoms with E-state index in [-0.39, 0.29) is 17.9 Å². The first kappa shape index (κ1) is 15.8. The SMILES string of the molecule is CN(Cc1cnccn1)C(=O)c1cncc(OS(=O)(=O)F)c1. The van der Waals surface area contributed by atoms with E-state index in [2.05, 4.69) is 19.1 Å². The Morgan fingerprint density at radius 1 is 1.27 bits per heavy atom. The Kier molecular flexibility index (Phi) is 4.61. The van der Waals surface area contributed by atoms with E-state index in [9.17, 15) is 17.1 Å². The van der Waals surface area contributed by atoms with Gasteiger partial charge in [0.25, 0.3) is 5.91 Å². The third-order valence-corrected chi connectivity index (χ3v) is 2.91. The average Bonchev–Trinajstić information content (AvgIpc) is 2.46. The maximum atomic E-state index is 12.5. The Morgan fingerprint density at radius 2 is 2.05 bits per heavy atom. The fourth-order valence-electron chi connectivity index (χ4n) is 1.64. The summed E-state index contributed by atoms with van der Waals surface area (Å²) >= 11 is 0. The molecule has 8 nitrogen and oxygen atoms in total. The Balaban J connectivity index is 2.13. The van der Waals surface area contributed by atoms with Crippen molar-refractivity contribution in [1.29, 1.82) is 0 Å². The van der Waals surface area contributed by atoms with E-state index in [0.29, 0.717) is 5.69 Å². The van der Waals surface area contributed by atoms with Crippen molar-refractivity contribution in [2.75, 3.05) is 7.05 Å². The molecule has 2 aromatic rings. The van der Waals surface area contributed by atoms with Crippen LogP contribution in [0.1, 0.15) is 16.1 Å². The Bertz CT molecular complexity index is 770. The van der Waals surface area contributed by atoms with Crippen molar-refractivity contribution in [3.8, 4) is 5.75 Å². The molecule has 0 aliphatic heterocycles. The minimum Gasteiger partial charge on any atom is -0.357 e. The first-order valence-electron chi connectivity index (χ1n) is 5.94. The van der Waals surface area contributed by atoms with Crippen LogP contribution in [0.5, 0.6) is 5.75 Å². The molecule has 0 aliphatic rings. The molecule has 0 N–H and O–H groups in total. The van der Waals surface area contributed by atoms with E-state index >= 15 is 0 Å². The molecule has 0 radical (unpaired) electrons. The van der Waals surface area contributed by atoms with Crippen LogP contribution in [0, 0.1) is 0 Å². The van der Waals surface area contributed by atoms with Gasteiger partial charge in [-0.15, -0.1) is 0 Å². The summed E-state index contributed by atoms with van der Waals surface area (Å²) < 4.78 is 37.4. The number of hydrogen-bond donors (Lipinski definition) is 0. The van der Waals surface area contributed by atoms with Gasteiger partial charge in [-0.3, -0.25) is 19.7 Å². The first-order chi connectivity index (χ1) is 10.3. The molecule has 10 heteroatoms. The van der Waals surface area contributed by atoms with Gasteiger partial charge in [-0.2, -0.15) is 8.42 Å². The van der Waals surface area contributed by atoms with E-state index in [0.717, 1.165) is 12.3 Å². The van der Waals surface area contributed by atoms with Gasteiger partial charge in [0.1, 0.15) is 0 Å². The molecule has 0 aromatic carbocycles. The molecule has 0 atom stereocenters. The molecule has 0 fully saturated rings. The van der Waals surface area contributed by atoms with Crippen molar-refractivity contribution < 1.29 is 21.3 Å². The zero-order valence-corrected chi connectivity index (χ0v) is 12.2. The summed E-state index contributed by atoms with van der Waals surface area (Å²) in [7, 11) is -3.65. The van der Waals surface area contributed by atoms with Crippen LogP contribution in [0.3, 0.4) is 0 Å². The molecule has 0 aliphatic carbocycles. The van der Waals surface area contributed by atoms with Gasteiger partial charge in [-0.25, -0.2) is 0 Å². The van der Waals surface area contributed by atoms with E-state index in [1.807, 2.05) is 0 Å². The lowest BCUT2D eigenvalue weighted by Gasteiger charge is -2.16. The molecule has 0 bridgehead atoms. The number of aromatic nitrogens is 3. The zero-order valence-electron chi connectivity index (χ0n) is 11.4. The third kappa shape index (κ3) is 4.45. The van der Waals surface area contributed by atoms with Gasteiger partial charge in [0.2, 0.25) is 0 Å². The van der Waals surface area contributed by atoms with Gasteiger partial charge < -0.3 is 9.08 Å². The molecule has 0 saturated heterocycles. The maximum absolute atomic E-state index is 12.5. The highest BCUT2D eigenvalue weighted by Crippen LogP contribution is 2.15. The maximum Gasteiger partial charge on any atom is 0.488 e. The van der Waals surface area contributed by atoms with Crippen molar-refractivity contribution in [3.05, 3.63) is 48.3 Å². The number of amides is 1. The topological polar surface area (TPSA) is 102 Å². The second-order valence-corrected chi connectivity index (χ2v) is 5.20. The van der Waals surface area contributed by atoms with Gasteiger partial charge in [0.05, 0.1) is 30.2 Å². The largest absolute Gasteiger partial charge is 0.488 e. The predicted molar refractivity (Wildman–Crippen MR) is 72.7 cm³/mol. The standard InChI is InChI=1S/C12H11FN4O4S/c1-17(8-10-6-14-2-3-16-10)12(18)9-4-11(7-15-5-9)21-22(13,19)20/h2-7H,8H2,1H3. The summed E-state index contributed by atoms with van der Waals surface area (Å²) in [6.07, 6.45) is 6.71. The molecule has 2 rings (SSSR count). The van der Waals surface area contributed by atoms with Gasteiger partial charge in [0.15, 0.2) is 5.75 Å². The Labute approximate surface area is 126 Å². The molecule has 116 valence electrons. The number of carbonyl (C=O) groups is 1. The number of hydrogen-bond acceptors (Lipinski definition) is 7. The lowest BCUT2D eigenvalue weighted by Crippen LogP contribution is -2.26. The lowest BCUT2D eigenvalue weighted by atomic mass is 10.2. The van der Waals surface area contributed by atoms with Gasteiger partial charge in [-0.05, 0) is 6.07 Å². The highest BCUT2D eigenvalue weighted by atomic mass is 32.3. The predicted octanol–water partition coefficient (Wildman–Crippen LogP) is 0.737. The molecular weight excluding hydrogens is 315 g/mol. The quantitative estimate of drug-likeness (QED) is 0.746. The number of carbonyl (C=O) groups excluding carboxylic acids is 1. The van der Waals surface area contributed by atoms with E-state index in [1.54, 1.807) is 0 Å². The lowest BCUT2D eigenvalue weighted by molar-refractivity contribution is 0.0782. The van der Waals surface area contributed by atoms with Crippen LogP contribution < -0.4 is 4.18 Å². The fourth-order valence-corrected chi connectivity index (χ4v) is 1.96. The van der Waals surface area contributed by atoms with Crippen LogP contribution in [0.2, 0.25) is 0 Å². The smallest absolute Gasteiger partial charge is 0.357 e. The summed E-state index contributed by atoms with van der Waals surface area (Å²) in [5, 5.41) is 0. The molecule has 1 amide bonds. The van der Waals surface area contributed by atoms with E-state index in [4.69, 9.17) is 0 Å². The van der Waals surface area contributed by atoms with Crippen LogP contribution >= 0.6 is 0 Å². The van der Waals surface area contributed by atoms with Crippen molar-refractivity contribution in [2.24, 2.45) is 0 Å². The van der Waals surface area contributed by atoms with Crippen molar-refractivity contribution >= 4 is 16.4 Å². The van der Waals surface area contributed by atoms with Crippen LogP contribution in [0.25, 0.3) is 0 Å². The number of rotatable bonds is 5. The highest BCUT2D eigenvalue weighted by molar-refractivity contribution is 7.81. The Morgan fingerprint density at radius 3 is 2.68 bits per heavy atom. The van der Waals surface area contributed by atoms with Crippen molar-refractivity contribution in [3.63, 3.8) is 0 Å². The Hall–Kier alpha value is -2.62. The van der Waals surface area contributed by atoms with Crippen LogP contribution in [-0.4, -0.2) is 41.2 Å². The normalized spacial score (nSPS) is 11.0. The molecule has 22 heavy (non-hydrogen) atoms. The summed E-state index contributed by atoms with van der Waals surface area (Å²) in [5.41, 5.74) is 0.623. The first-order valence-corrected chi connectivity index (χ1v) is 7.25. The summed E-state index contributed by atoms with van der Waals surface area (Å²) in [6, 6.07) is 1.08. The van der Waals surface area contributed by atoms with Gasteiger partial charge in [0, 0.05) is 25.6 Å². The third-order valence-electron chi connectivity index (χ3n) is 2.52. The monoisotopic (exact) mass is 326 g/mol. The average molecular weight is 326 g/mol. The van der Waals surface area contributed by atoms with E-state index < -0.39 is 16.4 Å². The fraction of sp³-hybridized carbons (Fsp3) is 0.167.